The lowest BCUT2D eigenvalue weighted by Gasteiger charge is -2.43. The van der Waals surface area contributed by atoms with Gasteiger partial charge < -0.3 is 14.7 Å². The number of phenolic OH excluding ortho intramolecular Hbond substituents is 1. The maximum absolute atomic E-state index is 11.6. The quantitative estimate of drug-likeness (QED) is 0.803. The van der Waals surface area contributed by atoms with Crippen molar-refractivity contribution in [3.05, 3.63) is 29.8 Å². The van der Waals surface area contributed by atoms with Crippen molar-refractivity contribution < 1.29 is 14.6 Å². The molecule has 0 aromatic heterocycles. The molecule has 0 amide bonds. The highest BCUT2D eigenvalue weighted by atomic mass is 16.5. The minimum absolute atomic E-state index is 0.106. The third-order valence-electron chi connectivity index (χ3n) is 5.65. The molecular weight excluding hydrogens is 316 g/mol. The number of carbonyl (C=O) groups is 1. The zero-order chi connectivity index (χ0) is 17.6. The summed E-state index contributed by atoms with van der Waals surface area (Å²) in [6.45, 7) is 5.34. The fraction of sp³-hybridized carbons (Fsp3) is 0.650. The van der Waals surface area contributed by atoms with Gasteiger partial charge in [0.15, 0.2) is 0 Å². The van der Waals surface area contributed by atoms with Gasteiger partial charge in [-0.15, -0.1) is 0 Å². The first kappa shape index (κ1) is 18.2. The summed E-state index contributed by atoms with van der Waals surface area (Å²) in [5, 5.41) is 9.68. The molecule has 0 radical (unpaired) electrons. The first-order valence-corrected chi connectivity index (χ1v) is 9.47. The molecule has 0 saturated carbocycles. The highest BCUT2D eigenvalue weighted by Gasteiger charge is 2.34. The number of ether oxygens (including phenoxy) is 1. The van der Waals surface area contributed by atoms with Gasteiger partial charge in [0.25, 0.3) is 0 Å². The number of methoxy groups -OCH3 is 1. The van der Waals surface area contributed by atoms with E-state index in [9.17, 15) is 9.90 Å². The van der Waals surface area contributed by atoms with Crippen molar-refractivity contribution in [1.82, 2.24) is 9.80 Å². The molecule has 3 rings (SSSR count). The van der Waals surface area contributed by atoms with E-state index in [1.54, 1.807) is 6.07 Å². The third-order valence-corrected chi connectivity index (χ3v) is 5.65. The molecule has 1 aromatic rings. The van der Waals surface area contributed by atoms with Crippen molar-refractivity contribution in [1.29, 1.82) is 0 Å². The van der Waals surface area contributed by atoms with E-state index < -0.39 is 0 Å². The lowest BCUT2D eigenvalue weighted by molar-refractivity contribution is -0.141. The predicted molar refractivity (Wildman–Crippen MR) is 97.3 cm³/mol. The molecule has 0 spiro atoms. The molecule has 0 bridgehead atoms. The van der Waals surface area contributed by atoms with Crippen molar-refractivity contribution in [3.8, 4) is 5.75 Å². The Kier molecular flexibility index (Phi) is 6.32. The van der Waals surface area contributed by atoms with Gasteiger partial charge in [0.1, 0.15) is 5.75 Å². The van der Waals surface area contributed by atoms with Crippen molar-refractivity contribution >= 4 is 5.97 Å². The largest absolute Gasteiger partial charge is 0.508 e. The normalized spacial score (nSPS) is 25.2. The van der Waals surface area contributed by atoms with E-state index >= 15 is 0 Å². The van der Waals surface area contributed by atoms with Gasteiger partial charge in [-0.3, -0.25) is 9.69 Å². The van der Waals surface area contributed by atoms with Crippen LogP contribution in [0.1, 0.15) is 37.7 Å². The number of carbonyl (C=O) groups excluding carboxylic acids is 1. The molecule has 2 aliphatic heterocycles. The maximum Gasteiger partial charge on any atom is 0.305 e. The molecule has 138 valence electrons. The summed E-state index contributed by atoms with van der Waals surface area (Å²) >= 11 is 0. The number of likely N-dealkylation sites (tertiary alicyclic amines) is 2. The Morgan fingerprint density at radius 1 is 1.28 bits per heavy atom. The van der Waals surface area contributed by atoms with E-state index in [-0.39, 0.29) is 5.97 Å². The number of rotatable bonds is 6. The molecule has 0 aliphatic carbocycles. The van der Waals surface area contributed by atoms with E-state index in [2.05, 4.69) is 15.9 Å². The average molecular weight is 346 g/mol. The Morgan fingerprint density at radius 2 is 2.08 bits per heavy atom. The van der Waals surface area contributed by atoms with Crippen LogP contribution in [0.2, 0.25) is 0 Å². The maximum atomic E-state index is 11.6. The first-order valence-electron chi connectivity index (χ1n) is 9.47. The van der Waals surface area contributed by atoms with E-state index in [1.165, 1.54) is 33.0 Å². The molecule has 0 unspecified atom stereocenters. The molecule has 1 aromatic carbocycles. The summed E-state index contributed by atoms with van der Waals surface area (Å²) in [6.07, 6.45) is 5.15. The van der Waals surface area contributed by atoms with Gasteiger partial charge in [0.2, 0.25) is 0 Å². The van der Waals surface area contributed by atoms with Gasteiger partial charge in [-0.05, 0) is 68.9 Å². The second-order valence-electron chi connectivity index (χ2n) is 7.38. The molecule has 2 saturated heterocycles. The van der Waals surface area contributed by atoms with E-state index in [0.717, 1.165) is 38.0 Å². The molecule has 2 aliphatic rings. The van der Waals surface area contributed by atoms with Gasteiger partial charge >= 0.3 is 5.97 Å². The van der Waals surface area contributed by atoms with Crippen LogP contribution >= 0.6 is 0 Å². The second kappa shape index (κ2) is 8.68. The monoisotopic (exact) mass is 346 g/mol. The molecule has 1 N–H and O–H groups in total. The van der Waals surface area contributed by atoms with Crippen LogP contribution in [0.5, 0.6) is 5.75 Å². The van der Waals surface area contributed by atoms with Crippen LogP contribution in [0.4, 0.5) is 0 Å². The summed E-state index contributed by atoms with van der Waals surface area (Å²) in [7, 11) is 1.47. The molecule has 2 atom stereocenters. The molecular formula is C20H30N2O3. The summed E-state index contributed by atoms with van der Waals surface area (Å²) < 4.78 is 4.84. The summed E-state index contributed by atoms with van der Waals surface area (Å²) in [4.78, 5) is 16.7. The Morgan fingerprint density at radius 3 is 2.80 bits per heavy atom. The van der Waals surface area contributed by atoms with Gasteiger partial charge in [0.05, 0.1) is 7.11 Å². The summed E-state index contributed by atoms with van der Waals surface area (Å²) in [5.74, 6) is 0.722. The molecule has 2 heterocycles. The number of hydrogen-bond acceptors (Lipinski definition) is 5. The van der Waals surface area contributed by atoms with Gasteiger partial charge in [0, 0.05) is 25.6 Å². The Bertz CT molecular complexity index is 572. The number of piperidine rings is 1. The number of phenols is 1. The van der Waals surface area contributed by atoms with Crippen LogP contribution in [-0.2, 0) is 16.1 Å². The number of hydrogen-bond donors (Lipinski definition) is 1. The van der Waals surface area contributed by atoms with Crippen molar-refractivity contribution in [2.45, 2.75) is 44.7 Å². The minimum Gasteiger partial charge on any atom is -0.508 e. The van der Waals surface area contributed by atoms with Gasteiger partial charge in [-0.2, -0.15) is 0 Å². The lowest BCUT2D eigenvalue weighted by Crippen LogP contribution is -2.50. The Hall–Kier alpha value is -1.59. The zero-order valence-electron chi connectivity index (χ0n) is 15.2. The van der Waals surface area contributed by atoms with Crippen LogP contribution < -0.4 is 0 Å². The van der Waals surface area contributed by atoms with E-state index in [1.807, 2.05) is 12.1 Å². The lowest BCUT2D eigenvalue weighted by atomic mass is 9.87. The molecule has 5 heteroatoms. The standard InChI is InChI=1S/C20H30N2O3/c1-25-20(24)8-7-17-15-21(14-16-5-4-6-18(23)13-16)12-9-19(17)22-10-2-3-11-22/h4-6,13,17,19,23H,2-3,7-12,14-15H2,1H3/t17-,19+/m0/s1. The van der Waals surface area contributed by atoms with Crippen LogP contribution in [0.25, 0.3) is 0 Å². The van der Waals surface area contributed by atoms with Crippen molar-refractivity contribution in [2.24, 2.45) is 5.92 Å². The van der Waals surface area contributed by atoms with Crippen LogP contribution in [-0.4, -0.2) is 60.2 Å². The van der Waals surface area contributed by atoms with Crippen molar-refractivity contribution in [3.63, 3.8) is 0 Å². The van der Waals surface area contributed by atoms with Gasteiger partial charge in [-0.1, -0.05) is 12.1 Å². The third kappa shape index (κ3) is 4.95. The topological polar surface area (TPSA) is 53.0 Å². The fourth-order valence-corrected chi connectivity index (χ4v) is 4.39. The Labute approximate surface area is 150 Å². The minimum atomic E-state index is -0.106. The number of aromatic hydroxyl groups is 1. The van der Waals surface area contributed by atoms with Crippen LogP contribution in [0.15, 0.2) is 24.3 Å². The van der Waals surface area contributed by atoms with Gasteiger partial charge in [-0.25, -0.2) is 0 Å². The predicted octanol–water partition coefficient (Wildman–Crippen LogP) is 2.63. The highest BCUT2D eigenvalue weighted by molar-refractivity contribution is 5.69. The smallest absolute Gasteiger partial charge is 0.305 e. The second-order valence-corrected chi connectivity index (χ2v) is 7.38. The number of benzene rings is 1. The highest BCUT2D eigenvalue weighted by Crippen LogP contribution is 2.30. The van der Waals surface area contributed by atoms with E-state index in [0.29, 0.717) is 24.1 Å². The zero-order valence-corrected chi connectivity index (χ0v) is 15.2. The Balaban J connectivity index is 1.63. The van der Waals surface area contributed by atoms with Crippen LogP contribution in [0.3, 0.4) is 0 Å². The molecule has 25 heavy (non-hydrogen) atoms. The number of nitrogens with zero attached hydrogens (tertiary/aromatic N) is 2. The average Bonchev–Trinajstić information content (AvgIpc) is 3.14. The molecule has 2 fully saturated rings. The SMILES string of the molecule is COC(=O)CC[C@H]1CN(Cc2cccc(O)c2)CC[C@H]1N1CCCC1. The molecule has 5 nitrogen and oxygen atoms in total. The fourth-order valence-electron chi connectivity index (χ4n) is 4.39. The summed E-state index contributed by atoms with van der Waals surface area (Å²) in [5.41, 5.74) is 1.14. The van der Waals surface area contributed by atoms with Crippen molar-refractivity contribution in [2.75, 3.05) is 33.3 Å². The number of esters is 1. The summed E-state index contributed by atoms with van der Waals surface area (Å²) in [6, 6.07) is 8.11. The van der Waals surface area contributed by atoms with E-state index in [4.69, 9.17) is 4.74 Å². The first-order chi connectivity index (χ1) is 12.2. The van der Waals surface area contributed by atoms with Crippen LogP contribution in [0, 0.1) is 5.92 Å².